The first-order valence-electron chi connectivity index (χ1n) is 8.73. The molecule has 146 valence electrons. The highest BCUT2D eigenvalue weighted by atomic mass is 35.5. The quantitative estimate of drug-likeness (QED) is 0.422. The first kappa shape index (κ1) is 21.1. The van der Waals surface area contributed by atoms with Gasteiger partial charge in [-0.05, 0) is 30.8 Å². The van der Waals surface area contributed by atoms with Crippen LogP contribution >= 0.6 is 23.8 Å². The molecule has 2 amide bonds. The van der Waals surface area contributed by atoms with Crippen molar-refractivity contribution in [2.24, 2.45) is 0 Å². The second-order valence-corrected chi connectivity index (χ2v) is 6.81. The largest absolute Gasteiger partial charge is 0.466 e. The molecule has 9 heteroatoms. The summed E-state index contributed by atoms with van der Waals surface area (Å²) in [5.74, 6) is -1.28. The van der Waals surface area contributed by atoms with Crippen molar-refractivity contribution in [3.63, 3.8) is 0 Å². The minimum Gasteiger partial charge on any atom is -0.466 e. The highest BCUT2D eigenvalue weighted by Crippen LogP contribution is 2.16. The first-order valence-corrected chi connectivity index (χ1v) is 9.52. The van der Waals surface area contributed by atoms with Gasteiger partial charge in [-0.25, -0.2) is 0 Å². The van der Waals surface area contributed by atoms with Crippen LogP contribution in [0.2, 0.25) is 5.02 Å². The lowest BCUT2D eigenvalue weighted by Gasteiger charge is -2.36. The Hall–Kier alpha value is -2.19. The van der Waals surface area contributed by atoms with Gasteiger partial charge in [-0.15, -0.1) is 0 Å². The maximum absolute atomic E-state index is 12.4. The summed E-state index contributed by atoms with van der Waals surface area (Å²) >= 11 is 11.3. The molecule has 1 atom stereocenters. The van der Waals surface area contributed by atoms with Crippen molar-refractivity contribution in [2.45, 2.75) is 32.2 Å². The van der Waals surface area contributed by atoms with E-state index in [1.807, 2.05) is 6.92 Å². The van der Waals surface area contributed by atoms with Gasteiger partial charge in [-0.2, -0.15) is 0 Å². The number of ether oxygens (including phenoxy) is 1. The number of carbonyl (C=O) groups excluding carboxylic acids is 3. The van der Waals surface area contributed by atoms with Gasteiger partial charge < -0.3 is 15.0 Å². The van der Waals surface area contributed by atoms with Gasteiger partial charge in [0, 0.05) is 13.1 Å². The maximum Gasteiger partial charge on any atom is 0.308 e. The third kappa shape index (κ3) is 5.90. The summed E-state index contributed by atoms with van der Waals surface area (Å²) in [5.41, 5.74) is 0.276. The Bertz CT molecular complexity index is 728. The average molecular weight is 412 g/mol. The lowest BCUT2D eigenvalue weighted by molar-refractivity contribution is -0.147. The number of nitrogens with one attached hydrogen (secondary N) is 2. The zero-order valence-corrected chi connectivity index (χ0v) is 16.6. The van der Waals surface area contributed by atoms with E-state index in [0.717, 1.165) is 12.8 Å². The van der Waals surface area contributed by atoms with Crippen LogP contribution in [0.25, 0.3) is 0 Å². The molecule has 1 saturated heterocycles. The molecule has 0 aromatic heterocycles. The number of rotatable bonds is 6. The van der Waals surface area contributed by atoms with Gasteiger partial charge >= 0.3 is 5.97 Å². The Morgan fingerprint density at radius 1 is 1.41 bits per heavy atom. The summed E-state index contributed by atoms with van der Waals surface area (Å²) in [6, 6.07) is 5.75. The lowest BCUT2D eigenvalue weighted by atomic mass is 10.1. The molecule has 1 fully saturated rings. The Balaban J connectivity index is 2.03. The van der Waals surface area contributed by atoms with E-state index in [0.29, 0.717) is 24.7 Å². The molecule has 2 N–H and O–H groups in total. The molecule has 0 aliphatic carbocycles. The molecule has 0 spiro atoms. The van der Waals surface area contributed by atoms with E-state index in [1.54, 1.807) is 24.3 Å². The normalized spacial score (nSPS) is 16.4. The predicted molar refractivity (Wildman–Crippen MR) is 106 cm³/mol. The van der Waals surface area contributed by atoms with E-state index >= 15 is 0 Å². The summed E-state index contributed by atoms with van der Waals surface area (Å²) in [5, 5.41) is 5.65. The molecule has 0 bridgehead atoms. The van der Waals surface area contributed by atoms with Crippen LogP contribution in [-0.4, -0.2) is 53.5 Å². The fourth-order valence-electron chi connectivity index (χ4n) is 2.59. The van der Waals surface area contributed by atoms with Crippen LogP contribution in [0.15, 0.2) is 24.3 Å². The van der Waals surface area contributed by atoms with Gasteiger partial charge in [0.1, 0.15) is 6.04 Å². The Labute approximate surface area is 168 Å². The van der Waals surface area contributed by atoms with Gasteiger partial charge in [0.2, 0.25) is 5.91 Å². The minimum absolute atomic E-state index is 0.0705. The van der Waals surface area contributed by atoms with Crippen LogP contribution < -0.4 is 10.6 Å². The highest BCUT2D eigenvalue weighted by Gasteiger charge is 2.34. The van der Waals surface area contributed by atoms with Crippen molar-refractivity contribution in [2.75, 3.05) is 19.7 Å². The number of hydrogen-bond acceptors (Lipinski definition) is 5. The maximum atomic E-state index is 12.4. The van der Waals surface area contributed by atoms with Crippen LogP contribution in [0.5, 0.6) is 0 Å². The fourth-order valence-corrected chi connectivity index (χ4v) is 3.12. The number of nitrogens with zero attached hydrogens (tertiary/aromatic N) is 1. The highest BCUT2D eigenvalue weighted by molar-refractivity contribution is 7.80. The van der Waals surface area contributed by atoms with E-state index < -0.39 is 17.9 Å². The van der Waals surface area contributed by atoms with E-state index in [2.05, 4.69) is 10.6 Å². The van der Waals surface area contributed by atoms with Gasteiger partial charge in [0.05, 0.1) is 23.6 Å². The molecular weight excluding hydrogens is 390 g/mol. The molecule has 0 radical (unpaired) electrons. The number of unbranched alkanes of at least 4 members (excludes halogenated alkanes) is 1. The third-order valence-electron chi connectivity index (χ3n) is 4.05. The number of thiocarbonyl (C=S) groups is 1. The average Bonchev–Trinajstić information content (AvgIpc) is 2.63. The predicted octanol–water partition coefficient (Wildman–Crippen LogP) is 1.89. The summed E-state index contributed by atoms with van der Waals surface area (Å²) in [6.45, 7) is 3.05. The molecule has 1 aliphatic rings. The van der Waals surface area contributed by atoms with Crippen molar-refractivity contribution < 1.29 is 19.1 Å². The molecular formula is C18H22ClN3O4S. The van der Waals surface area contributed by atoms with Crippen LogP contribution in [0, 0.1) is 0 Å². The Morgan fingerprint density at radius 3 is 2.85 bits per heavy atom. The zero-order chi connectivity index (χ0) is 19.8. The zero-order valence-electron chi connectivity index (χ0n) is 15.0. The number of benzene rings is 1. The van der Waals surface area contributed by atoms with Crippen molar-refractivity contribution in [1.29, 1.82) is 0 Å². The monoisotopic (exact) mass is 411 g/mol. The summed E-state index contributed by atoms with van der Waals surface area (Å²) in [7, 11) is 0. The van der Waals surface area contributed by atoms with Crippen molar-refractivity contribution >= 4 is 46.7 Å². The summed E-state index contributed by atoms with van der Waals surface area (Å²) in [4.78, 5) is 38.2. The number of carbonyl (C=O) groups is 3. The molecule has 0 saturated carbocycles. The molecule has 1 aromatic rings. The number of piperazine rings is 1. The minimum atomic E-state index is -0.827. The van der Waals surface area contributed by atoms with Gasteiger partial charge in [-0.3, -0.25) is 19.7 Å². The molecule has 1 aromatic carbocycles. The molecule has 1 heterocycles. The summed E-state index contributed by atoms with van der Waals surface area (Å²) < 4.78 is 5.13. The molecule has 27 heavy (non-hydrogen) atoms. The van der Waals surface area contributed by atoms with E-state index in [4.69, 9.17) is 28.6 Å². The van der Waals surface area contributed by atoms with E-state index in [1.165, 1.54) is 4.90 Å². The van der Waals surface area contributed by atoms with Crippen LogP contribution in [0.3, 0.4) is 0 Å². The number of hydrogen-bond donors (Lipinski definition) is 2. The summed E-state index contributed by atoms with van der Waals surface area (Å²) in [6.07, 6.45) is 1.53. The number of halogens is 1. The topological polar surface area (TPSA) is 87.7 Å². The Kier molecular flexibility index (Phi) is 7.99. The first-order chi connectivity index (χ1) is 12.9. The van der Waals surface area contributed by atoms with Gasteiger partial charge in [0.15, 0.2) is 5.11 Å². The van der Waals surface area contributed by atoms with E-state index in [9.17, 15) is 14.4 Å². The molecule has 0 unspecified atom stereocenters. The molecule has 7 nitrogen and oxygen atoms in total. The van der Waals surface area contributed by atoms with Crippen molar-refractivity contribution in [3.05, 3.63) is 34.9 Å². The number of esters is 1. The number of amides is 2. The Morgan fingerprint density at radius 2 is 2.15 bits per heavy atom. The van der Waals surface area contributed by atoms with Gasteiger partial charge in [0.25, 0.3) is 5.91 Å². The van der Waals surface area contributed by atoms with Crippen LogP contribution in [0.4, 0.5) is 0 Å². The SMILES string of the molecule is CCCCOC(=O)C[C@H]1C(=O)NCCN1C(=S)NC(=O)c1ccccc1Cl. The van der Waals surface area contributed by atoms with Crippen LogP contribution in [0.1, 0.15) is 36.5 Å². The molecule has 1 aliphatic heterocycles. The third-order valence-corrected chi connectivity index (χ3v) is 4.72. The standard InChI is InChI=1S/C18H22ClN3O4S/c1-2-3-10-26-15(23)11-14-17(25)20-8-9-22(14)18(27)21-16(24)12-6-4-5-7-13(12)19/h4-7,14H,2-3,8-11H2,1H3,(H,20,25)(H,21,24,27)/t14-/m0/s1. The van der Waals surface area contributed by atoms with Crippen molar-refractivity contribution in [1.82, 2.24) is 15.5 Å². The second kappa shape index (κ2) is 10.2. The van der Waals surface area contributed by atoms with Gasteiger partial charge in [-0.1, -0.05) is 37.1 Å². The molecule has 2 rings (SSSR count). The second-order valence-electron chi connectivity index (χ2n) is 6.02. The lowest BCUT2D eigenvalue weighted by Crippen LogP contribution is -2.60. The smallest absolute Gasteiger partial charge is 0.308 e. The van der Waals surface area contributed by atoms with Crippen LogP contribution in [-0.2, 0) is 14.3 Å². The van der Waals surface area contributed by atoms with E-state index in [-0.39, 0.29) is 23.0 Å². The fraction of sp³-hybridized carbons (Fsp3) is 0.444. The van der Waals surface area contributed by atoms with Crippen molar-refractivity contribution in [3.8, 4) is 0 Å².